The quantitative estimate of drug-likeness (QED) is 0.0763. The van der Waals surface area contributed by atoms with Crippen LogP contribution in [-0.4, -0.2) is 59.0 Å². The van der Waals surface area contributed by atoms with Crippen LogP contribution >= 0.6 is 0 Å². The van der Waals surface area contributed by atoms with E-state index in [0.29, 0.717) is 0 Å². The Morgan fingerprint density at radius 3 is 1.21 bits per heavy atom. The highest BCUT2D eigenvalue weighted by Gasteiger charge is 2.22. The number of hydrogen-bond donors (Lipinski definition) is 8. The van der Waals surface area contributed by atoms with E-state index < -0.39 is 56.1 Å². The molecule has 56 heavy (non-hydrogen) atoms. The average molecular weight is 843 g/mol. The summed E-state index contributed by atoms with van der Waals surface area (Å²) in [6.07, 6.45) is 0. The van der Waals surface area contributed by atoms with Crippen LogP contribution in [0.2, 0.25) is 0 Å². The number of aromatic hydroxyl groups is 2. The predicted molar refractivity (Wildman–Crippen MR) is 207 cm³/mol. The van der Waals surface area contributed by atoms with Gasteiger partial charge < -0.3 is 20.8 Å². The number of carbonyl (C=O) groups excluding carboxylic acids is 1. The van der Waals surface area contributed by atoms with Crippen molar-refractivity contribution in [2.45, 2.75) is 33.4 Å². The van der Waals surface area contributed by atoms with Gasteiger partial charge in [-0.3, -0.25) is 18.5 Å². The molecule has 0 unspecified atom stereocenters. The highest BCUT2D eigenvalue weighted by atomic mass is 32.2. The van der Waals surface area contributed by atoms with Crippen LogP contribution < -0.4 is 20.1 Å². The van der Waals surface area contributed by atoms with Crippen molar-refractivity contribution in [1.82, 2.24) is 0 Å². The summed E-state index contributed by atoms with van der Waals surface area (Å²) >= 11 is 0. The van der Waals surface area contributed by atoms with E-state index in [1.165, 1.54) is 62.4 Å². The number of hydrogen-bond acceptors (Lipinski definition) is 11. The van der Waals surface area contributed by atoms with Crippen LogP contribution in [0.1, 0.15) is 11.1 Å². The minimum Gasteiger partial charge on any atom is -0.507 e. The van der Waals surface area contributed by atoms with Crippen LogP contribution in [0.25, 0.3) is 21.5 Å². The van der Waals surface area contributed by atoms with E-state index in [1.807, 2.05) is 0 Å². The SMILES string of the molecule is Cc1ccc(NC(=O)Nc2ccc(C)c(S(=O)(=O)Nc3cc(O)c4ccc(S(=O)(=O)O)cc4c3)c2)cc1S(=O)(=O)Nc1cc(O)c2ccc(S(=O)(=O)O)cc2c1. The number of benzene rings is 6. The maximum Gasteiger partial charge on any atom is 0.323 e. The first-order chi connectivity index (χ1) is 26.0. The van der Waals surface area contributed by atoms with Crippen LogP contribution in [0.4, 0.5) is 27.5 Å². The number of sulfonamides is 2. The summed E-state index contributed by atoms with van der Waals surface area (Å²) in [7, 11) is -18.0. The molecule has 292 valence electrons. The van der Waals surface area contributed by atoms with Crippen molar-refractivity contribution in [2.75, 3.05) is 20.1 Å². The zero-order valence-electron chi connectivity index (χ0n) is 28.8. The summed E-state index contributed by atoms with van der Waals surface area (Å²) in [5.74, 6) is -0.753. The smallest absolute Gasteiger partial charge is 0.323 e. The average Bonchev–Trinajstić information content (AvgIpc) is 3.08. The molecule has 17 nitrogen and oxygen atoms in total. The zero-order valence-corrected chi connectivity index (χ0v) is 32.1. The van der Waals surface area contributed by atoms with Crippen LogP contribution in [0.3, 0.4) is 0 Å². The van der Waals surface area contributed by atoms with Crippen molar-refractivity contribution in [2.24, 2.45) is 0 Å². The first-order valence-corrected chi connectivity index (χ1v) is 21.7. The highest BCUT2D eigenvalue weighted by Crippen LogP contribution is 2.34. The highest BCUT2D eigenvalue weighted by molar-refractivity contribution is 7.93. The van der Waals surface area contributed by atoms with Gasteiger partial charge in [0.1, 0.15) is 11.5 Å². The molecule has 6 rings (SSSR count). The summed E-state index contributed by atoms with van der Waals surface area (Å²) in [6.45, 7) is 2.99. The van der Waals surface area contributed by atoms with Gasteiger partial charge in [0.25, 0.3) is 40.3 Å². The van der Waals surface area contributed by atoms with Gasteiger partial charge in [0, 0.05) is 34.3 Å². The second-order valence-electron chi connectivity index (χ2n) is 12.5. The van der Waals surface area contributed by atoms with Gasteiger partial charge >= 0.3 is 6.03 Å². The third-order valence-corrected chi connectivity index (χ3v) is 13.1. The number of phenolic OH excluding ortho intramolecular Hbond substituents is 2. The Labute approximate surface area is 320 Å². The molecule has 2 amide bonds. The topological polar surface area (TPSA) is 283 Å². The molecule has 0 aromatic heterocycles. The van der Waals surface area contributed by atoms with Crippen molar-refractivity contribution < 1.29 is 57.8 Å². The molecule has 6 aromatic rings. The van der Waals surface area contributed by atoms with Gasteiger partial charge in [0.2, 0.25) is 0 Å². The van der Waals surface area contributed by atoms with E-state index in [2.05, 4.69) is 20.1 Å². The Morgan fingerprint density at radius 2 is 0.857 bits per heavy atom. The predicted octanol–water partition coefficient (Wildman–Crippen LogP) is 5.76. The van der Waals surface area contributed by atoms with Crippen LogP contribution in [0.5, 0.6) is 11.5 Å². The van der Waals surface area contributed by atoms with Gasteiger partial charge in [0.15, 0.2) is 0 Å². The number of anilines is 4. The number of urea groups is 1. The minimum atomic E-state index is -4.59. The molecule has 0 radical (unpaired) electrons. The van der Waals surface area contributed by atoms with E-state index in [4.69, 9.17) is 0 Å². The van der Waals surface area contributed by atoms with Crippen molar-refractivity contribution in [3.05, 3.63) is 108 Å². The molecule has 6 aromatic carbocycles. The number of nitrogens with one attached hydrogen (secondary N) is 4. The lowest BCUT2D eigenvalue weighted by Crippen LogP contribution is -2.21. The van der Waals surface area contributed by atoms with E-state index in [0.717, 1.165) is 48.5 Å². The lowest BCUT2D eigenvalue weighted by atomic mass is 10.1. The molecule has 0 heterocycles. The maximum atomic E-state index is 13.5. The van der Waals surface area contributed by atoms with E-state index in [1.54, 1.807) is 0 Å². The summed E-state index contributed by atoms with van der Waals surface area (Å²) in [4.78, 5) is 11.6. The maximum absolute atomic E-state index is 13.5. The molecule has 0 saturated heterocycles. The first kappa shape index (κ1) is 39.7. The van der Waals surface area contributed by atoms with E-state index >= 15 is 0 Å². The summed E-state index contributed by atoms with van der Waals surface area (Å²) in [5, 5.41) is 26.5. The number of fused-ring (bicyclic) bond motifs is 2. The van der Waals surface area contributed by atoms with Crippen molar-refractivity contribution >= 4 is 90.6 Å². The fraction of sp³-hybridized carbons (Fsp3) is 0.0571. The number of amides is 2. The summed E-state index contributed by atoms with van der Waals surface area (Å²) in [5.41, 5.74) is 0.288. The monoisotopic (exact) mass is 842 g/mol. The molecular formula is C35H30N4O13S4. The van der Waals surface area contributed by atoms with Crippen molar-refractivity contribution in [1.29, 1.82) is 0 Å². The van der Waals surface area contributed by atoms with Crippen LogP contribution in [-0.2, 0) is 40.3 Å². The molecule has 0 atom stereocenters. The summed E-state index contributed by atoms with van der Waals surface area (Å²) < 4.78 is 124. The molecule has 21 heteroatoms. The molecule has 0 spiro atoms. The molecule has 0 saturated carbocycles. The Morgan fingerprint density at radius 1 is 0.482 bits per heavy atom. The molecule has 0 aliphatic carbocycles. The normalized spacial score (nSPS) is 12.4. The standard InChI is InChI=1S/C35H30N4O13S4/c1-19-3-5-23(17-33(19)53(43,44)38-25-11-21-13-27(55(47,48)49)7-9-29(21)31(40)15-25)36-35(42)37-24-6-4-20(2)34(18-24)54(45,46)39-26-12-22-14-28(56(50,51)52)8-10-30(22)32(41)16-26/h3-18,38-41H,1-2H3,(H2,36,37,42)(H,47,48,49)(H,50,51,52). The van der Waals surface area contributed by atoms with Crippen molar-refractivity contribution in [3.8, 4) is 11.5 Å². The van der Waals surface area contributed by atoms with Gasteiger partial charge in [-0.25, -0.2) is 21.6 Å². The fourth-order valence-corrected chi connectivity index (χ4v) is 9.40. The van der Waals surface area contributed by atoms with Gasteiger partial charge in [0.05, 0.1) is 31.0 Å². The lowest BCUT2D eigenvalue weighted by Gasteiger charge is -2.15. The van der Waals surface area contributed by atoms with Crippen molar-refractivity contribution in [3.63, 3.8) is 0 Å². The van der Waals surface area contributed by atoms with Crippen LogP contribution in [0.15, 0.2) is 117 Å². The number of carbonyl (C=O) groups is 1. The number of rotatable bonds is 10. The Hall–Kier alpha value is -5.97. The molecular weight excluding hydrogens is 813 g/mol. The molecule has 0 aliphatic rings. The Kier molecular flexibility index (Phi) is 10.1. The van der Waals surface area contributed by atoms with Gasteiger partial charge in [-0.2, -0.15) is 16.8 Å². The molecule has 0 fully saturated rings. The number of aryl methyl sites for hydroxylation is 2. The summed E-state index contributed by atoms with van der Waals surface area (Å²) in [6, 6.07) is 18.6. The first-order valence-electron chi connectivity index (χ1n) is 15.8. The minimum absolute atomic E-state index is 0.0162. The lowest BCUT2D eigenvalue weighted by molar-refractivity contribution is 0.262. The van der Waals surface area contributed by atoms with Gasteiger partial charge in [-0.15, -0.1) is 0 Å². The van der Waals surface area contributed by atoms with Gasteiger partial charge in [-0.1, -0.05) is 12.1 Å². The third kappa shape index (κ3) is 8.46. The van der Waals surface area contributed by atoms with E-state index in [-0.39, 0.29) is 76.7 Å². The fourth-order valence-electron chi connectivity index (χ4n) is 5.74. The number of phenols is 2. The molecule has 8 N–H and O–H groups in total. The third-order valence-electron chi connectivity index (χ3n) is 8.38. The Bertz CT molecular complexity index is 2880. The zero-order chi connectivity index (χ0) is 41.0. The molecule has 0 aliphatic heterocycles. The Balaban J connectivity index is 1.20. The second kappa shape index (κ2) is 14.3. The second-order valence-corrected chi connectivity index (χ2v) is 18.6. The van der Waals surface area contributed by atoms with Gasteiger partial charge in [-0.05, 0) is 109 Å². The van der Waals surface area contributed by atoms with E-state index in [9.17, 15) is 57.8 Å². The van der Waals surface area contributed by atoms with Crippen LogP contribution in [0, 0.1) is 13.8 Å². The largest absolute Gasteiger partial charge is 0.507 e. The molecule has 0 bridgehead atoms.